The maximum Gasteiger partial charge on any atom is 0.433 e. The van der Waals surface area contributed by atoms with E-state index in [4.69, 9.17) is 0 Å². The number of rotatable bonds is 2. The zero-order chi connectivity index (χ0) is 17.2. The third-order valence-corrected chi connectivity index (χ3v) is 4.23. The van der Waals surface area contributed by atoms with Crippen LogP contribution >= 0.6 is 0 Å². The molecule has 24 heavy (non-hydrogen) atoms. The molecule has 0 fully saturated rings. The first kappa shape index (κ1) is 16.5. The number of aromatic nitrogens is 1. The summed E-state index contributed by atoms with van der Waals surface area (Å²) in [6.45, 7) is 0. The second kappa shape index (κ2) is 6.63. The van der Waals surface area contributed by atoms with Crippen LogP contribution in [0.3, 0.4) is 0 Å². The average molecular weight is 334 g/mol. The van der Waals surface area contributed by atoms with Gasteiger partial charge < -0.3 is 5.32 Å². The van der Waals surface area contributed by atoms with Gasteiger partial charge in [0.25, 0.3) is 5.91 Å². The summed E-state index contributed by atoms with van der Waals surface area (Å²) in [6, 6.07) is 10.1. The third-order valence-electron chi connectivity index (χ3n) is 4.23. The quantitative estimate of drug-likeness (QED) is 0.849. The maximum absolute atomic E-state index is 12.5. The number of pyridine rings is 1. The molecule has 0 radical (unpaired) electrons. The van der Waals surface area contributed by atoms with E-state index in [2.05, 4.69) is 22.4 Å². The molecule has 0 saturated carbocycles. The minimum atomic E-state index is -4.50. The van der Waals surface area contributed by atoms with Crippen LogP contribution < -0.4 is 5.32 Å². The number of benzene rings is 1. The van der Waals surface area contributed by atoms with Gasteiger partial charge in [-0.3, -0.25) is 9.78 Å². The van der Waals surface area contributed by atoms with E-state index in [0.29, 0.717) is 0 Å². The third kappa shape index (κ3) is 3.75. The number of amides is 1. The molecule has 1 aliphatic rings. The Hall–Kier alpha value is -2.37. The molecule has 1 unspecified atom stereocenters. The Morgan fingerprint density at radius 2 is 1.88 bits per heavy atom. The average Bonchev–Trinajstić information content (AvgIpc) is 2.75. The summed E-state index contributed by atoms with van der Waals surface area (Å²) in [5, 5.41) is 2.91. The predicted octanol–water partition coefficient (Wildman–Crippen LogP) is 3.78. The summed E-state index contributed by atoms with van der Waals surface area (Å²) >= 11 is 0. The first-order valence-corrected chi connectivity index (χ1v) is 7.84. The number of aryl methyl sites for hydroxylation is 1. The molecule has 1 aromatic carbocycles. The molecule has 0 aliphatic heterocycles. The molecule has 3 rings (SSSR count). The number of alkyl halides is 3. The normalized spacial score (nSPS) is 17.7. The number of carbonyl (C=O) groups excluding carboxylic acids is 1. The summed E-state index contributed by atoms with van der Waals surface area (Å²) < 4.78 is 37.5. The second-order valence-electron chi connectivity index (χ2n) is 5.97. The van der Waals surface area contributed by atoms with Crippen LogP contribution in [0.25, 0.3) is 0 Å². The fourth-order valence-electron chi connectivity index (χ4n) is 2.99. The lowest BCUT2D eigenvalue weighted by Gasteiger charge is -2.17. The van der Waals surface area contributed by atoms with E-state index in [1.54, 1.807) is 0 Å². The highest BCUT2D eigenvalue weighted by Gasteiger charge is 2.32. The molecule has 0 spiro atoms. The molecule has 2 aromatic rings. The molecule has 3 nitrogen and oxygen atoms in total. The summed E-state index contributed by atoms with van der Waals surface area (Å²) in [7, 11) is 0. The largest absolute Gasteiger partial charge is 0.433 e. The maximum atomic E-state index is 12.5. The van der Waals surface area contributed by atoms with Gasteiger partial charge in [-0.15, -0.1) is 0 Å². The smallest absolute Gasteiger partial charge is 0.349 e. The van der Waals surface area contributed by atoms with Crippen molar-refractivity contribution >= 4 is 5.91 Å². The van der Waals surface area contributed by atoms with E-state index in [1.165, 1.54) is 11.1 Å². The van der Waals surface area contributed by atoms with Gasteiger partial charge in [0.1, 0.15) is 5.69 Å². The van der Waals surface area contributed by atoms with Crippen LogP contribution in [0, 0.1) is 0 Å². The fourth-order valence-corrected chi connectivity index (χ4v) is 2.99. The molecule has 0 bridgehead atoms. The van der Waals surface area contributed by atoms with Gasteiger partial charge in [-0.25, -0.2) is 0 Å². The molecule has 6 heteroatoms. The van der Waals surface area contributed by atoms with Gasteiger partial charge in [0.05, 0.1) is 5.56 Å². The van der Waals surface area contributed by atoms with Crippen molar-refractivity contribution < 1.29 is 18.0 Å². The Balaban J connectivity index is 1.68. The van der Waals surface area contributed by atoms with Crippen molar-refractivity contribution in [3.63, 3.8) is 0 Å². The van der Waals surface area contributed by atoms with Crippen LogP contribution in [0.4, 0.5) is 13.2 Å². The Bertz CT molecular complexity index is 726. The second-order valence-corrected chi connectivity index (χ2v) is 5.97. The Labute approximate surface area is 137 Å². The minimum absolute atomic E-state index is 0.0246. The fraction of sp³-hybridized carbons (Fsp3) is 0.333. The van der Waals surface area contributed by atoms with Gasteiger partial charge >= 0.3 is 6.18 Å². The molecule has 1 heterocycles. The zero-order valence-electron chi connectivity index (χ0n) is 12.9. The monoisotopic (exact) mass is 334 g/mol. The number of hydrogen-bond acceptors (Lipinski definition) is 2. The van der Waals surface area contributed by atoms with Crippen molar-refractivity contribution in [2.45, 2.75) is 37.9 Å². The molecular weight excluding hydrogens is 317 g/mol. The molecule has 1 atom stereocenters. The van der Waals surface area contributed by atoms with Crippen molar-refractivity contribution in [2.24, 2.45) is 0 Å². The van der Waals surface area contributed by atoms with E-state index in [1.807, 2.05) is 12.1 Å². The Morgan fingerprint density at radius 3 is 2.54 bits per heavy atom. The van der Waals surface area contributed by atoms with Gasteiger partial charge in [-0.1, -0.05) is 24.3 Å². The lowest BCUT2D eigenvalue weighted by Crippen LogP contribution is -2.36. The number of halogens is 3. The van der Waals surface area contributed by atoms with Gasteiger partial charge in [-0.2, -0.15) is 13.2 Å². The van der Waals surface area contributed by atoms with Gasteiger partial charge in [0.15, 0.2) is 0 Å². The van der Waals surface area contributed by atoms with Crippen LogP contribution in [-0.4, -0.2) is 16.9 Å². The highest BCUT2D eigenvalue weighted by Crippen LogP contribution is 2.27. The predicted molar refractivity (Wildman–Crippen MR) is 83.6 cm³/mol. The highest BCUT2D eigenvalue weighted by atomic mass is 19.4. The van der Waals surface area contributed by atoms with E-state index < -0.39 is 11.9 Å². The van der Waals surface area contributed by atoms with Crippen molar-refractivity contribution in [3.05, 3.63) is 65.0 Å². The van der Waals surface area contributed by atoms with E-state index in [0.717, 1.165) is 44.0 Å². The Morgan fingerprint density at radius 1 is 1.12 bits per heavy atom. The highest BCUT2D eigenvalue weighted by molar-refractivity contribution is 5.94. The van der Waals surface area contributed by atoms with Crippen LogP contribution in [0.1, 0.15) is 40.0 Å². The lowest BCUT2D eigenvalue weighted by molar-refractivity contribution is -0.141. The van der Waals surface area contributed by atoms with Crippen molar-refractivity contribution in [3.8, 4) is 0 Å². The number of carbonyl (C=O) groups is 1. The number of nitrogens with zero attached hydrogens (tertiary/aromatic N) is 1. The van der Waals surface area contributed by atoms with Crippen molar-refractivity contribution in [2.75, 3.05) is 0 Å². The minimum Gasteiger partial charge on any atom is -0.349 e. The van der Waals surface area contributed by atoms with E-state index in [-0.39, 0.29) is 17.5 Å². The number of hydrogen-bond donors (Lipinski definition) is 1. The summed E-state index contributed by atoms with van der Waals surface area (Å²) in [6.07, 6.45) is -0.00906. The van der Waals surface area contributed by atoms with Crippen LogP contribution in [0.15, 0.2) is 42.6 Å². The first-order valence-electron chi connectivity index (χ1n) is 7.84. The molecule has 1 aliphatic carbocycles. The number of nitrogens with one attached hydrogen (secondary N) is 1. The van der Waals surface area contributed by atoms with Crippen molar-refractivity contribution in [1.82, 2.24) is 10.3 Å². The van der Waals surface area contributed by atoms with Gasteiger partial charge in [-0.05, 0) is 48.9 Å². The van der Waals surface area contributed by atoms with Crippen LogP contribution in [0.2, 0.25) is 0 Å². The summed E-state index contributed by atoms with van der Waals surface area (Å²) in [4.78, 5) is 15.6. The summed E-state index contributed by atoms with van der Waals surface area (Å²) in [5.41, 5.74) is 1.65. The number of fused-ring (bicyclic) bond motifs is 1. The standard InChI is InChI=1S/C18H17F3N2O/c19-18(20,21)16-9-8-14(11-22-16)17(24)23-15-7-3-6-12-4-1-2-5-13(12)10-15/h1-2,4-5,8-9,11,15H,3,6-7,10H2,(H,23,24). The molecule has 1 amide bonds. The van der Waals surface area contributed by atoms with E-state index >= 15 is 0 Å². The molecule has 0 saturated heterocycles. The Kier molecular flexibility index (Phi) is 4.55. The first-order chi connectivity index (χ1) is 11.4. The van der Waals surface area contributed by atoms with Crippen LogP contribution in [-0.2, 0) is 19.0 Å². The zero-order valence-corrected chi connectivity index (χ0v) is 12.9. The van der Waals surface area contributed by atoms with E-state index in [9.17, 15) is 18.0 Å². The van der Waals surface area contributed by atoms with Gasteiger partial charge in [0, 0.05) is 12.2 Å². The SMILES string of the molecule is O=C(NC1CCCc2ccccc2C1)c1ccc(C(F)(F)F)nc1. The van der Waals surface area contributed by atoms with Crippen LogP contribution in [0.5, 0.6) is 0 Å². The molecule has 1 aromatic heterocycles. The summed E-state index contributed by atoms with van der Waals surface area (Å²) in [5.74, 6) is -0.388. The van der Waals surface area contributed by atoms with Gasteiger partial charge in [0.2, 0.25) is 0 Å². The van der Waals surface area contributed by atoms with Crippen molar-refractivity contribution in [1.29, 1.82) is 0 Å². The molecule has 1 N–H and O–H groups in total. The molecule has 126 valence electrons. The lowest BCUT2D eigenvalue weighted by atomic mass is 10.0. The molecular formula is C18H17F3N2O. The topological polar surface area (TPSA) is 42.0 Å².